The molecule has 0 bridgehead atoms. The summed E-state index contributed by atoms with van der Waals surface area (Å²) in [5, 5.41) is 0. The highest BCUT2D eigenvalue weighted by Gasteiger charge is 2.41. The summed E-state index contributed by atoms with van der Waals surface area (Å²) in [5.74, 6) is -0.268. The van der Waals surface area contributed by atoms with Gasteiger partial charge in [0.15, 0.2) is 0 Å². The minimum absolute atomic E-state index is 0.230. The second kappa shape index (κ2) is 6.38. The Hall–Kier alpha value is -0.220. The van der Waals surface area contributed by atoms with Gasteiger partial charge in [-0.1, -0.05) is 0 Å². The lowest BCUT2D eigenvalue weighted by Gasteiger charge is -2.26. The van der Waals surface area contributed by atoms with Gasteiger partial charge in [-0.2, -0.15) is 0 Å². The molecular weight excluding hydrogens is 217 g/mol. The van der Waals surface area contributed by atoms with Crippen molar-refractivity contribution in [2.45, 2.75) is 39.4 Å². The van der Waals surface area contributed by atoms with Crippen LogP contribution in [0, 0.1) is 0 Å². The van der Waals surface area contributed by atoms with Crippen molar-refractivity contribution >= 4 is 13.4 Å². The molecule has 0 aromatic rings. The third-order valence-electron chi connectivity index (χ3n) is 1.87. The number of rotatable bonds is 7. The molecule has 0 aromatic carbocycles. The Kier molecular flexibility index (Phi) is 6.29. The van der Waals surface area contributed by atoms with E-state index in [1.54, 1.807) is 20.8 Å². The second-order valence-electron chi connectivity index (χ2n) is 3.29. The summed E-state index contributed by atoms with van der Waals surface area (Å²) in [7, 11) is -3.42. The highest BCUT2D eigenvalue weighted by molar-refractivity contribution is 7.55. The molecule has 2 N–H and O–H groups in total. The van der Waals surface area contributed by atoms with E-state index in [-0.39, 0.29) is 19.0 Å². The van der Waals surface area contributed by atoms with Crippen LogP contribution in [0.5, 0.6) is 0 Å². The molecule has 2 atom stereocenters. The van der Waals surface area contributed by atoms with Gasteiger partial charge >= 0.3 is 7.60 Å². The highest BCUT2D eigenvalue weighted by atomic mass is 31.2. The van der Waals surface area contributed by atoms with Crippen molar-refractivity contribution in [3.8, 4) is 0 Å². The molecule has 0 saturated carbocycles. The van der Waals surface area contributed by atoms with E-state index in [9.17, 15) is 9.36 Å². The first-order valence-corrected chi connectivity index (χ1v) is 6.65. The van der Waals surface area contributed by atoms with Crippen LogP contribution in [0.2, 0.25) is 0 Å². The van der Waals surface area contributed by atoms with E-state index in [1.165, 1.54) is 6.92 Å². The zero-order chi connectivity index (χ0) is 12.1. The molecule has 2 unspecified atom stereocenters. The summed E-state index contributed by atoms with van der Waals surface area (Å²) >= 11 is 0. The lowest BCUT2D eigenvalue weighted by molar-refractivity contribution is -0.117. The van der Waals surface area contributed by atoms with Gasteiger partial charge in [0.05, 0.1) is 13.2 Å². The Morgan fingerprint density at radius 2 is 1.73 bits per heavy atom. The maximum atomic E-state index is 12.3. The number of hydrogen-bond acceptors (Lipinski definition) is 5. The van der Waals surface area contributed by atoms with E-state index in [0.717, 1.165) is 0 Å². The normalized spacial score (nSPS) is 16.1. The van der Waals surface area contributed by atoms with E-state index < -0.39 is 19.3 Å². The lowest BCUT2D eigenvalue weighted by Crippen LogP contribution is -2.38. The van der Waals surface area contributed by atoms with Crippen molar-refractivity contribution in [3.05, 3.63) is 0 Å². The Labute approximate surface area is 90.9 Å². The molecule has 0 aliphatic heterocycles. The number of Topliss-reactive ketones (excluding diaryl/α,β-unsaturated/α-hetero) is 1. The van der Waals surface area contributed by atoms with Crippen molar-refractivity contribution in [3.63, 3.8) is 0 Å². The number of hydrogen-bond donors (Lipinski definition) is 1. The van der Waals surface area contributed by atoms with Crippen molar-refractivity contribution in [1.82, 2.24) is 0 Å². The molecule has 0 heterocycles. The summed E-state index contributed by atoms with van der Waals surface area (Å²) < 4.78 is 22.4. The quantitative estimate of drug-likeness (QED) is 0.680. The highest BCUT2D eigenvalue weighted by Crippen LogP contribution is 2.54. The number of nitrogens with two attached hydrogens (primary N) is 1. The molecule has 15 heavy (non-hydrogen) atoms. The first kappa shape index (κ1) is 14.8. The predicted molar refractivity (Wildman–Crippen MR) is 59.0 cm³/mol. The van der Waals surface area contributed by atoms with Crippen LogP contribution in [0.4, 0.5) is 0 Å². The fourth-order valence-corrected chi connectivity index (χ4v) is 3.58. The number of carbonyl (C=O) groups is 1. The fraction of sp³-hybridized carbons (Fsp3) is 0.889. The molecule has 6 heteroatoms. The molecule has 0 aliphatic carbocycles. The molecule has 0 saturated heterocycles. The van der Waals surface area contributed by atoms with Crippen molar-refractivity contribution in [2.75, 3.05) is 13.2 Å². The Bertz CT molecular complexity index is 244. The minimum atomic E-state index is -3.42. The monoisotopic (exact) mass is 237 g/mol. The van der Waals surface area contributed by atoms with E-state index >= 15 is 0 Å². The molecule has 90 valence electrons. The Morgan fingerprint density at radius 1 is 1.33 bits per heavy atom. The van der Waals surface area contributed by atoms with Crippen LogP contribution >= 0.6 is 7.60 Å². The van der Waals surface area contributed by atoms with Gasteiger partial charge in [0.2, 0.25) is 0 Å². The first-order valence-electron chi connectivity index (χ1n) is 5.03. The number of ketones is 1. The molecule has 0 rings (SSSR count). The van der Waals surface area contributed by atoms with Gasteiger partial charge in [0, 0.05) is 6.04 Å². The Balaban J connectivity index is 4.99. The third kappa shape index (κ3) is 4.03. The summed E-state index contributed by atoms with van der Waals surface area (Å²) in [5.41, 5.74) is 4.75. The maximum Gasteiger partial charge on any atom is 0.342 e. The molecule has 0 amide bonds. The molecule has 0 fully saturated rings. The van der Waals surface area contributed by atoms with Crippen molar-refractivity contribution < 1.29 is 18.4 Å². The number of carbonyl (C=O) groups excluding carboxylic acids is 1. The molecule has 5 nitrogen and oxygen atoms in total. The van der Waals surface area contributed by atoms with Crippen molar-refractivity contribution in [1.29, 1.82) is 0 Å². The zero-order valence-corrected chi connectivity index (χ0v) is 10.6. The molecule has 0 spiro atoms. The standard InChI is InChI=1S/C9H20NO4P/c1-5-13-15(12,14-6-2)9(7(3)10)8(4)11/h7,9H,5-6,10H2,1-4H3. The van der Waals surface area contributed by atoms with Crippen LogP contribution in [0.15, 0.2) is 0 Å². The zero-order valence-electron chi connectivity index (χ0n) is 9.73. The van der Waals surface area contributed by atoms with Gasteiger partial charge < -0.3 is 14.8 Å². The second-order valence-corrected chi connectivity index (χ2v) is 5.44. The van der Waals surface area contributed by atoms with Crippen LogP contribution in [0.25, 0.3) is 0 Å². The third-order valence-corrected chi connectivity index (χ3v) is 4.62. The summed E-state index contributed by atoms with van der Waals surface area (Å²) in [6, 6.07) is -0.550. The molecule has 0 aliphatic rings. The predicted octanol–water partition coefficient (Wildman–Crippen LogP) is 1.56. The lowest BCUT2D eigenvalue weighted by atomic mass is 10.2. The Morgan fingerprint density at radius 3 is 1.93 bits per heavy atom. The SMILES string of the molecule is CCOP(=O)(OCC)C(C(C)=O)C(C)N. The average Bonchev–Trinajstić information content (AvgIpc) is 2.02. The topological polar surface area (TPSA) is 78.6 Å². The smallest absolute Gasteiger partial charge is 0.327 e. The maximum absolute atomic E-state index is 12.3. The van der Waals surface area contributed by atoms with Crippen LogP contribution in [-0.2, 0) is 18.4 Å². The largest absolute Gasteiger partial charge is 0.342 e. The van der Waals surface area contributed by atoms with Crippen LogP contribution in [-0.4, -0.2) is 30.7 Å². The van der Waals surface area contributed by atoms with E-state index in [4.69, 9.17) is 14.8 Å². The molecule has 0 radical (unpaired) electrons. The summed E-state index contributed by atoms with van der Waals surface area (Å²) in [6.07, 6.45) is 0. The fourth-order valence-electron chi connectivity index (χ4n) is 1.44. The van der Waals surface area contributed by atoms with Gasteiger partial charge in [0.25, 0.3) is 0 Å². The van der Waals surface area contributed by atoms with Gasteiger partial charge in [-0.3, -0.25) is 9.36 Å². The summed E-state index contributed by atoms with van der Waals surface area (Å²) in [4.78, 5) is 11.4. The van der Waals surface area contributed by atoms with Gasteiger partial charge in [-0.15, -0.1) is 0 Å². The first-order chi connectivity index (χ1) is 6.89. The van der Waals surface area contributed by atoms with E-state index in [2.05, 4.69) is 0 Å². The van der Waals surface area contributed by atoms with Crippen molar-refractivity contribution in [2.24, 2.45) is 5.73 Å². The van der Waals surface area contributed by atoms with Gasteiger partial charge in [-0.25, -0.2) is 0 Å². The van der Waals surface area contributed by atoms with Crippen LogP contribution < -0.4 is 5.73 Å². The van der Waals surface area contributed by atoms with Gasteiger partial charge in [0.1, 0.15) is 11.4 Å². The van der Waals surface area contributed by atoms with E-state index in [1.807, 2.05) is 0 Å². The molecular formula is C9H20NO4P. The van der Waals surface area contributed by atoms with Crippen LogP contribution in [0.3, 0.4) is 0 Å². The molecule has 0 aromatic heterocycles. The van der Waals surface area contributed by atoms with Crippen LogP contribution in [0.1, 0.15) is 27.7 Å². The average molecular weight is 237 g/mol. The van der Waals surface area contributed by atoms with Gasteiger partial charge in [-0.05, 0) is 27.7 Å². The summed E-state index contributed by atoms with van der Waals surface area (Å²) in [6.45, 7) is 6.82. The minimum Gasteiger partial charge on any atom is -0.327 e. The van der Waals surface area contributed by atoms with E-state index in [0.29, 0.717) is 0 Å².